The van der Waals surface area contributed by atoms with Crippen molar-refractivity contribution in [3.63, 3.8) is 0 Å². The fourth-order valence-corrected chi connectivity index (χ4v) is 3.79. The Hall–Kier alpha value is -3.81. The number of nitrogens with zero attached hydrogens (tertiary/aromatic N) is 2. The van der Waals surface area contributed by atoms with Gasteiger partial charge in [-0.2, -0.15) is 0 Å². The van der Waals surface area contributed by atoms with E-state index in [0.717, 1.165) is 23.1 Å². The highest BCUT2D eigenvalue weighted by molar-refractivity contribution is 5.82. The summed E-state index contributed by atoms with van der Waals surface area (Å²) in [7, 11) is 0. The Morgan fingerprint density at radius 1 is 1.09 bits per heavy atom. The molecule has 0 saturated heterocycles. The number of aromatic amines is 1. The van der Waals surface area contributed by atoms with Gasteiger partial charge in [0.1, 0.15) is 11.5 Å². The molecule has 1 heterocycles. The van der Waals surface area contributed by atoms with E-state index in [1.807, 2.05) is 75.4 Å². The number of hydrogen-bond acceptors (Lipinski definition) is 5. The Kier molecular flexibility index (Phi) is 7.71. The van der Waals surface area contributed by atoms with Gasteiger partial charge in [0, 0.05) is 6.54 Å². The Balaban J connectivity index is 1.84. The van der Waals surface area contributed by atoms with Crippen LogP contribution in [0.2, 0.25) is 0 Å². The lowest BCUT2D eigenvalue weighted by Crippen LogP contribution is -2.43. The molecule has 8 nitrogen and oxygen atoms in total. The maximum atomic E-state index is 12.9. The quantitative estimate of drug-likeness (QED) is 0.465. The Morgan fingerprint density at radius 2 is 1.76 bits per heavy atom. The molecule has 8 heteroatoms. The number of nitrogens with one attached hydrogen (secondary N) is 2. The topological polar surface area (TPSA) is 113 Å². The molecule has 1 amide bonds. The van der Waals surface area contributed by atoms with Crippen LogP contribution in [0.3, 0.4) is 0 Å². The first-order valence-corrected chi connectivity index (χ1v) is 11.1. The molecular formula is C25H31N5O3. The fraction of sp³-hybridized carbons (Fsp3) is 0.320. The number of nitrogens with two attached hydrogens (primary N) is 1. The van der Waals surface area contributed by atoms with Crippen LogP contribution in [0.5, 0.6) is 0 Å². The lowest BCUT2D eigenvalue weighted by atomic mass is 10.0. The van der Waals surface area contributed by atoms with E-state index in [1.165, 1.54) is 4.57 Å². The summed E-state index contributed by atoms with van der Waals surface area (Å²) < 4.78 is 1.31. The summed E-state index contributed by atoms with van der Waals surface area (Å²) in [5, 5.41) is 3.04. The third-order valence-corrected chi connectivity index (χ3v) is 5.65. The van der Waals surface area contributed by atoms with Gasteiger partial charge in [-0.3, -0.25) is 19.1 Å². The molecule has 0 aliphatic heterocycles. The zero-order valence-corrected chi connectivity index (χ0v) is 19.3. The van der Waals surface area contributed by atoms with Crippen molar-refractivity contribution in [2.24, 2.45) is 0 Å². The molecule has 3 rings (SSSR count). The zero-order valence-electron chi connectivity index (χ0n) is 19.3. The average Bonchev–Trinajstić information content (AvgIpc) is 2.80. The van der Waals surface area contributed by atoms with E-state index in [1.54, 1.807) is 4.90 Å². The second kappa shape index (κ2) is 10.7. The van der Waals surface area contributed by atoms with Crippen LogP contribution in [0.4, 0.5) is 11.5 Å². The van der Waals surface area contributed by atoms with Gasteiger partial charge < -0.3 is 16.0 Å². The number of hydrogen-bond donors (Lipinski definition) is 3. The van der Waals surface area contributed by atoms with Gasteiger partial charge in [-0.05, 0) is 31.4 Å². The largest absolute Gasteiger partial charge is 0.383 e. The van der Waals surface area contributed by atoms with Gasteiger partial charge >= 0.3 is 5.69 Å². The number of benzene rings is 2. The lowest BCUT2D eigenvalue weighted by molar-refractivity contribution is -0.120. The van der Waals surface area contributed by atoms with Crippen molar-refractivity contribution in [1.82, 2.24) is 14.9 Å². The van der Waals surface area contributed by atoms with Crippen molar-refractivity contribution in [3.8, 4) is 0 Å². The molecule has 0 spiro atoms. The number of aryl methyl sites for hydroxylation is 1. The smallest absolute Gasteiger partial charge is 0.330 e. The first-order valence-electron chi connectivity index (χ1n) is 11.1. The predicted octanol–water partition coefficient (Wildman–Crippen LogP) is 2.57. The Bertz CT molecular complexity index is 1200. The maximum absolute atomic E-state index is 12.9. The number of nitrogen functional groups attached to an aromatic ring is 1. The third-order valence-electron chi connectivity index (χ3n) is 5.65. The lowest BCUT2D eigenvalue weighted by Gasteiger charge is -2.26. The van der Waals surface area contributed by atoms with E-state index in [2.05, 4.69) is 10.3 Å². The van der Waals surface area contributed by atoms with Crippen molar-refractivity contribution in [1.29, 1.82) is 0 Å². The monoisotopic (exact) mass is 449 g/mol. The predicted molar refractivity (Wildman–Crippen MR) is 132 cm³/mol. The normalized spacial score (nSPS) is 11.7. The van der Waals surface area contributed by atoms with Gasteiger partial charge in [0.2, 0.25) is 5.91 Å². The number of H-pyrrole nitrogens is 1. The summed E-state index contributed by atoms with van der Waals surface area (Å²) in [6.07, 6.45) is 0.728. The summed E-state index contributed by atoms with van der Waals surface area (Å²) >= 11 is 0. The molecule has 0 radical (unpaired) electrons. The SMILES string of the molecule is CC[C@@H](NC(=O)CN(CC)c1c(N)n(Cc2ccccc2)c(=O)[nH]c1=O)c1ccc(C)cc1. The Labute approximate surface area is 193 Å². The minimum absolute atomic E-state index is 0.0350. The van der Waals surface area contributed by atoms with Crippen molar-refractivity contribution >= 4 is 17.4 Å². The molecule has 0 unspecified atom stereocenters. The zero-order chi connectivity index (χ0) is 24.0. The van der Waals surface area contributed by atoms with Crippen molar-refractivity contribution in [3.05, 3.63) is 92.1 Å². The highest BCUT2D eigenvalue weighted by Crippen LogP contribution is 2.19. The van der Waals surface area contributed by atoms with Crippen LogP contribution < -0.4 is 27.2 Å². The van der Waals surface area contributed by atoms with Crippen molar-refractivity contribution in [2.75, 3.05) is 23.7 Å². The third kappa shape index (κ3) is 5.71. The molecule has 3 aromatic rings. The van der Waals surface area contributed by atoms with Crippen molar-refractivity contribution < 1.29 is 4.79 Å². The molecule has 0 aliphatic rings. The Morgan fingerprint density at radius 3 is 2.36 bits per heavy atom. The van der Waals surface area contributed by atoms with Crippen LogP contribution in [0.25, 0.3) is 0 Å². The number of aromatic nitrogens is 2. The maximum Gasteiger partial charge on any atom is 0.330 e. The highest BCUT2D eigenvalue weighted by Gasteiger charge is 2.21. The number of anilines is 2. The van der Waals surface area contributed by atoms with Gasteiger partial charge in [-0.25, -0.2) is 4.79 Å². The van der Waals surface area contributed by atoms with E-state index in [9.17, 15) is 14.4 Å². The van der Waals surface area contributed by atoms with Crippen molar-refractivity contribution in [2.45, 2.75) is 39.8 Å². The number of rotatable bonds is 9. The van der Waals surface area contributed by atoms with Crippen LogP contribution in [-0.2, 0) is 11.3 Å². The van der Waals surface area contributed by atoms with Gasteiger partial charge in [-0.15, -0.1) is 0 Å². The molecule has 1 aromatic heterocycles. The summed E-state index contributed by atoms with van der Waals surface area (Å²) in [6.45, 7) is 6.37. The summed E-state index contributed by atoms with van der Waals surface area (Å²) in [5.41, 5.74) is 8.25. The molecule has 0 saturated carbocycles. The van der Waals surface area contributed by atoms with E-state index in [0.29, 0.717) is 6.54 Å². The minimum Gasteiger partial charge on any atom is -0.383 e. The minimum atomic E-state index is -0.609. The van der Waals surface area contributed by atoms with Crippen LogP contribution in [-0.4, -0.2) is 28.5 Å². The first kappa shape index (κ1) is 23.8. The molecule has 33 heavy (non-hydrogen) atoms. The molecule has 2 aromatic carbocycles. The van der Waals surface area contributed by atoms with Gasteiger partial charge in [-0.1, -0.05) is 67.1 Å². The summed E-state index contributed by atoms with van der Waals surface area (Å²) in [6, 6.07) is 17.2. The molecule has 1 atom stereocenters. The van der Waals surface area contributed by atoms with Gasteiger partial charge in [0.15, 0.2) is 0 Å². The van der Waals surface area contributed by atoms with Crippen LogP contribution in [0.15, 0.2) is 64.2 Å². The van der Waals surface area contributed by atoms with E-state index in [4.69, 9.17) is 5.73 Å². The molecule has 0 aliphatic carbocycles. The molecule has 0 fully saturated rings. The van der Waals surface area contributed by atoms with Crippen LogP contribution in [0.1, 0.15) is 43.0 Å². The second-order valence-electron chi connectivity index (χ2n) is 8.02. The van der Waals surface area contributed by atoms with E-state index >= 15 is 0 Å². The second-order valence-corrected chi connectivity index (χ2v) is 8.02. The summed E-state index contributed by atoms with van der Waals surface area (Å²) in [5.74, 6) is -0.197. The average molecular weight is 450 g/mol. The van der Waals surface area contributed by atoms with Gasteiger partial charge in [0.25, 0.3) is 5.56 Å². The molecule has 4 N–H and O–H groups in total. The van der Waals surface area contributed by atoms with E-state index < -0.39 is 11.2 Å². The number of amides is 1. The van der Waals surface area contributed by atoms with Crippen LogP contribution in [0, 0.1) is 6.92 Å². The fourth-order valence-electron chi connectivity index (χ4n) is 3.79. The van der Waals surface area contributed by atoms with Crippen LogP contribution >= 0.6 is 0 Å². The van der Waals surface area contributed by atoms with Gasteiger partial charge in [0.05, 0.1) is 19.1 Å². The number of likely N-dealkylation sites (N-methyl/N-ethyl adjacent to an activating group) is 1. The standard InChI is InChI=1S/C25H31N5O3/c1-4-20(19-13-11-17(3)12-14-19)27-21(31)16-29(5-2)22-23(26)30(25(33)28-24(22)32)15-18-9-7-6-8-10-18/h6-14,20H,4-5,15-16,26H2,1-3H3,(H,27,31)(H,28,32,33)/t20-/m1/s1. The number of carbonyl (C=O) groups is 1. The summed E-state index contributed by atoms with van der Waals surface area (Å²) in [4.78, 5) is 41.9. The molecule has 0 bridgehead atoms. The first-order chi connectivity index (χ1) is 15.8. The van der Waals surface area contributed by atoms with E-state index in [-0.39, 0.29) is 36.5 Å². The molecule has 174 valence electrons. The number of carbonyl (C=O) groups excluding carboxylic acids is 1. The molecular weight excluding hydrogens is 418 g/mol. The highest BCUT2D eigenvalue weighted by atomic mass is 16.2.